The van der Waals surface area contributed by atoms with Gasteiger partial charge in [-0.15, -0.1) is 11.3 Å². The van der Waals surface area contributed by atoms with Crippen LogP contribution < -0.4 is 5.32 Å². The minimum Gasteiger partial charge on any atom is -0.316 e. The van der Waals surface area contributed by atoms with E-state index in [9.17, 15) is 8.42 Å². The Kier molecular flexibility index (Phi) is 5.78. The van der Waals surface area contributed by atoms with Crippen LogP contribution in [0.1, 0.15) is 32.8 Å². The quantitative estimate of drug-likeness (QED) is 0.838. The van der Waals surface area contributed by atoms with Gasteiger partial charge in [-0.3, -0.25) is 0 Å². The van der Waals surface area contributed by atoms with Crippen LogP contribution in [0.25, 0.3) is 0 Å². The van der Waals surface area contributed by atoms with Crippen LogP contribution in [0, 0.1) is 0 Å². The van der Waals surface area contributed by atoms with Gasteiger partial charge in [0, 0.05) is 19.1 Å². The first-order chi connectivity index (χ1) is 8.43. The lowest BCUT2D eigenvalue weighted by atomic mass is 10.3. The molecule has 0 saturated carbocycles. The molecule has 0 radical (unpaired) electrons. The van der Waals surface area contributed by atoms with Crippen LogP contribution in [0.15, 0.2) is 15.7 Å². The van der Waals surface area contributed by atoms with Crippen molar-refractivity contribution in [3.63, 3.8) is 0 Å². The van der Waals surface area contributed by atoms with Gasteiger partial charge in [0.2, 0.25) is 0 Å². The summed E-state index contributed by atoms with van der Waals surface area (Å²) >= 11 is 1.30. The monoisotopic (exact) mass is 290 g/mol. The van der Waals surface area contributed by atoms with E-state index in [1.54, 1.807) is 10.4 Å². The fourth-order valence-electron chi connectivity index (χ4n) is 1.78. The molecule has 1 rings (SSSR count). The van der Waals surface area contributed by atoms with Gasteiger partial charge in [0.1, 0.15) is 4.21 Å². The van der Waals surface area contributed by atoms with Gasteiger partial charge in [0.05, 0.1) is 0 Å². The van der Waals surface area contributed by atoms with Crippen molar-refractivity contribution in [3.8, 4) is 0 Å². The van der Waals surface area contributed by atoms with Gasteiger partial charge in [0.15, 0.2) is 0 Å². The zero-order valence-electron chi connectivity index (χ0n) is 11.4. The molecular weight excluding hydrogens is 268 g/mol. The summed E-state index contributed by atoms with van der Waals surface area (Å²) in [7, 11) is -1.49. The molecule has 1 heterocycles. The van der Waals surface area contributed by atoms with Gasteiger partial charge in [0.25, 0.3) is 10.0 Å². The summed E-state index contributed by atoms with van der Waals surface area (Å²) in [6.07, 6.45) is 0.826. The summed E-state index contributed by atoms with van der Waals surface area (Å²) in [6, 6.07) is 1.76. The average molecular weight is 290 g/mol. The molecule has 1 aromatic rings. The van der Waals surface area contributed by atoms with E-state index in [1.807, 2.05) is 33.2 Å². The van der Waals surface area contributed by atoms with Crippen LogP contribution in [0.5, 0.6) is 0 Å². The number of nitrogens with one attached hydrogen (secondary N) is 1. The highest BCUT2D eigenvalue weighted by molar-refractivity contribution is 7.91. The zero-order chi connectivity index (χ0) is 13.8. The van der Waals surface area contributed by atoms with Crippen LogP contribution in [-0.2, 0) is 16.6 Å². The van der Waals surface area contributed by atoms with E-state index >= 15 is 0 Å². The van der Waals surface area contributed by atoms with Crippen LogP contribution in [0.2, 0.25) is 0 Å². The lowest BCUT2D eigenvalue weighted by molar-refractivity contribution is 0.355. The molecule has 104 valence electrons. The number of nitrogens with zero attached hydrogens (tertiary/aromatic N) is 1. The van der Waals surface area contributed by atoms with Crippen LogP contribution >= 0.6 is 11.3 Å². The minimum atomic E-state index is -3.34. The van der Waals surface area contributed by atoms with Crippen molar-refractivity contribution in [1.82, 2.24) is 9.62 Å². The molecule has 0 unspecified atom stereocenters. The summed E-state index contributed by atoms with van der Waals surface area (Å²) in [5, 5.41) is 4.92. The third-order valence-electron chi connectivity index (χ3n) is 2.59. The highest BCUT2D eigenvalue weighted by Gasteiger charge is 2.27. The molecule has 0 saturated heterocycles. The Morgan fingerprint density at radius 3 is 2.61 bits per heavy atom. The highest BCUT2D eigenvalue weighted by atomic mass is 32.2. The molecule has 1 aromatic heterocycles. The van der Waals surface area contributed by atoms with Crippen LogP contribution in [0.4, 0.5) is 0 Å². The summed E-state index contributed by atoms with van der Waals surface area (Å²) in [6.45, 7) is 7.08. The van der Waals surface area contributed by atoms with Crippen molar-refractivity contribution in [1.29, 1.82) is 0 Å². The fourth-order valence-corrected chi connectivity index (χ4v) is 4.84. The normalized spacial score (nSPS) is 12.6. The summed E-state index contributed by atoms with van der Waals surface area (Å²) in [5.41, 5.74) is 1.02. The second-order valence-corrected chi connectivity index (χ2v) is 7.54. The summed E-state index contributed by atoms with van der Waals surface area (Å²) in [5.74, 6) is 0. The van der Waals surface area contributed by atoms with Crippen LogP contribution in [-0.4, -0.2) is 32.4 Å². The van der Waals surface area contributed by atoms with Crippen molar-refractivity contribution < 1.29 is 8.42 Å². The highest BCUT2D eigenvalue weighted by Crippen LogP contribution is 2.25. The van der Waals surface area contributed by atoms with Gasteiger partial charge < -0.3 is 5.32 Å². The Morgan fingerprint density at radius 2 is 2.11 bits per heavy atom. The average Bonchev–Trinajstić information content (AvgIpc) is 2.75. The van der Waals surface area contributed by atoms with E-state index in [-0.39, 0.29) is 6.04 Å². The second-order valence-electron chi connectivity index (χ2n) is 4.51. The van der Waals surface area contributed by atoms with E-state index in [2.05, 4.69) is 5.32 Å². The molecule has 18 heavy (non-hydrogen) atoms. The fraction of sp³-hybridized carbons (Fsp3) is 0.667. The Morgan fingerprint density at radius 1 is 1.44 bits per heavy atom. The number of thiophene rings is 1. The van der Waals surface area contributed by atoms with E-state index in [0.29, 0.717) is 17.3 Å². The Balaban J connectivity index is 3.02. The molecule has 0 aliphatic rings. The maximum Gasteiger partial charge on any atom is 0.252 e. The molecule has 0 amide bonds. The Hall–Kier alpha value is -0.430. The van der Waals surface area contributed by atoms with Crippen molar-refractivity contribution in [2.75, 3.05) is 13.6 Å². The first kappa shape index (κ1) is 15.6. The van der Waals surface area contributed by atoms with Gasteiger partial charge >= 0.3 is 0 Å². The number of sulfonamides is 1. The Labute approximate surface area is 114 Å². The predicted octanol–water partition coefficient (Wildman–Crippen LogP) is 2.28. The van der Waals surface area contributed by atoms with Crippen molar-refractivity contribution in [3.05, 3.63) is 17.0 Å². The lowest BCUT2D eigenvalue weighted by Crippen LogP contribution is -2.37. The molecule has 0 spiro atoms. The predicted molar refractivity (Wildman–Crippen MR) is 76.4 cm³/mol. The molecule has 6 heteroatoms. The first-order valence-corrected chi connectivity index (χ1v) is 8.49. The number of rotatable bonds is 7. The second kappa shape index (κ2) is 6.65. The van der Waals surface area contributed by atoms with Crippen molar-refractivity contribution in [2.45, 2.75) is 44.0 Å². The number of hydrogen-bond acceptors (Lipinski definition) is 4. The molecule has 0 aliphatic carbocycles. The first-order valence-electron chi connectivity index (χ1n) is 6.17. The molecule has 4 nitrogen and oxygen atoms in total. The molecule has 1 N–H and O–H groups in total. The molecule has 0 bridgehead atoms. The summed E-state index contributed by atoms with van der Waals surface area (Å²) in [4.78, 5) is 0. The van der Waals surface area contributed by atoms with Gasteiger partial charge in [-0.25, -0.2) is 8.42 Å². The van der Waals surface area contributed by atoms with E-state index in [4.69, 9.17) is 0 Å². The third kappa shape index (κ3) is 3.54. The standard InChI is InChI=1S/C12H22N2O2S2/c1-5-6-14(10(2)3)18(15,16)12-7-11(8-13-4)9-17-12/h7,9-10,13H,5-6,8H2,1-4H3. The largest absolute Gasteiger partial charge is 0.316 e. The van der Waals surface area contributed by atoms with E-state index in [1.165, 1.54) is 11.3 Å². The van der Waals surface area contributed by atoms with E-state index < -0.39 is 10.0 Å². The van der Waals surface area contributed by atoms with E-state index in [0.717, 1.165) is 12.0 Å². The molecule has 0 aliphatic heterocycles. The maximum absolute atomic E-state index is 12.5. The third-order valence-corrected chi connectivity index (χ3v) is 6.13. The maximum atomic E-state index is 12.5. The lowest BCUT2D eigenvalue weighted by Gasteiger charge is -2.24. The van der Waals surface area contributed by atoms with Gasteiger partial charge in [-0.05, 0) is 44.3 Å². The van der Waals surface area contributed by atoms with Crippen molar-refractivity contribution in [2.24, 2.45) is 0 Å². The smallest absolute Gasteiger partial charge is 0.252 e. The van der Waals surface area contributed by atoms with Crippen LogP contribution in [0.3, 0.4) is 0 Å². The van der Waals surface area contributed by atoms with Gasteiger partial charge in [-0.2, -0.15) is 4.31 Å². The zero-order valence-corrected chi connectivity index (χ0v) is 13.1. The van der Waals surface area contributed by atoms with Gasteiger partial charge in [-0.1, -0.05) is 6.92 Å². The topological polar surface area (TPSA) is 49.4 Å². The molecule has 0 atom stereocenters. The number of hydrogen-bond donors (Lipinski definition) is 1. The van der Waals surface area contributed by atoms with Crippen molar-refractivity contribution >= 4 is 21.4 Å². The molecule has 0 fully saturated rings. The molecular formula is C12H22N2O2S2. The Bertz CT molecular complexity index is 466. The minimum absolute atomic E-state index is 0.00944. The summed E-state index contributed by atoms with van der Waals surface area (Å²) < 4.78 is 27.0. The SMILES string of the molecule is CCCN(C(C)C)S(=O)(=O)c1cc(CNC)cs1. The molecule has 0 aromatic carbocycles.